The van der Waals surface area contributed by atoms with Crippen LogP contribution in [0.3, 0.4) is 0 Å². The van der Waals surface area contributed by atoms with Crippen molar-refractivity contribution in [1.82, 2.24) is 9.78 Å². The number of carbonyl (C=O) groups excluding carboxylic acids is 1. The van der Waals surface area contributed by atoms with Crippen LogP contribution in [-0.2, 0) is 18.1 Å². The van der Waals surface area contributed by atoms with Crippen molar-refractivity contribution >= 4 is 11.6 Å². The number of nitrogens with zero attached hydrogens (tertiary/aromatic N) is 2. The molecule has 0 saturated carbocycles. The SMILES string of the molecule is O=C(Nc1cnn(COCC(F)(F)F)c1)c1cccc(COc2ccc(F)cc2F)c1. The Labute approximate surface area is 173 Å². The van der Waals surface area contributed by atoms with E-state index in [1.54, 1.807) is 12.1 Å². The zero-order valence-electron chi connectivity index (χ0n) is 15.8. The van der Waals surface area contributed by atoms with Crippen LogP contribution in [0.2, 0.25) is 0 Å². The number of anilines is 1. The van der Waals surface area contributed by atoms with Gasteiger partial charge in [0.05, 0.1) is 18.1 Å². The van der Waals surface area contributed by atoms with E-state index >= 15 is 0 Å². The normalized spacial score (nSPS) is 11.4. The summed E-state index contributed by atoms with van der Waals surface area (Å²) in [4.78, 5) is 12.4. The molecule has 0 radical (unpaired) electrons. The summed E-state index contributed by atoms with van der Waals surface area (Å²) in [6, 6.07) is 9.25. The highest BCUT2D eigenvalue weighted by Crippen LogP contribution is 2.20. The minimum Gasteiger partial charge on any atom is -0.486 e. The molecule has 3 aromatic rings. The van der Waals surface area contributed by atoms with Gasteiger partial charge in [0.15, 0.2) is 11.6 Å². The van der Waals surface area contributed by atoms with Gasteiger partial charge in [-0.05, 0) is 29.8 Å². The number of ether oxygens (including phenoxy) is 2. The minimum absolute atomic E-state index is 0.0574. The number of alkyl halides is 3. The third-order valence-electron chi connectivity index (χ3n) is 3.86. The number of rotatable bonds is 8. The van der Waals surface area contributed by atoms with Crippen LogP contribution in [0.25, 0.3) is 0 Å². The highest BCUT2D eigenvalue weighted by Gasteiger charge is 2.27. The number of benzene rings is 2. The van der Waals surface area contributed by atoms with Gasteiger partial charge in [-0.1, -0.05) is 12.1 Å². The highest BCUT2D eigenvalue weighted by atomic mass is 19.4. The van der Waals surface area contributed by atoms with Crippen LogP contribution in [0.5, 0.6) is 5.75 Å². The molecule has 0 spiro atoms. The molecule has 3 rings (SSSR count). The molecule has 0 saturated heterocycles. The van der Waals surface area contributed by atoms with Gasteiger partial charge in [0.1, 0.15) is 25.8 Å². The zero-order chi connectivity index (χ0) is 22.4. The van der Waals surface area contributed by atoms with Gasteiger partial charge in [0, 0.05) is 11.6 Å². The van der Waals surface area contributed by atoms with Crippen LogP contribution in [0.15, 0.2) is 54.9 Å². The smallest absolute Gasteiger partial charge is 0.411 e. The Morgan fingerprint density at radius 1 is 1.13 bits per heavy atom. The van der Waals surface area contributed by atoms with Gasteiger partial charge < -0.3 is 14.8 Å². The number of nitrogens with one attached hydrogen (secondary N) is 1. The molecule has 0 aliphatic carbocycles. The summed E-state index contributed by atoms with van der Waals surface area (Å²) in [6.45, 7) is -1.90. The quantitative estimate of drug-likeness (QED) is 0.522. The van der Waals surface area contributed by atoms with E-state index in [4.69, 9.17) is 4.74 Å². The van der Waals surface area contributed by atoms with Gasteiger partial charge in [0.2, 0.25) is 0 Å². The molecule has 0 bridgehead atoms. The van der Waals surface area contributed by atoms with E-state index in [0.29, 0.717) is 11.6 Å². The molecule has 0 aliphatic rings. The Hall–Kier alpha value is -3.47. The predicted molar refractivity (Wildman–Crippen MR) is 99.3 cm³/mol. The lowest BCUT2D eigenvalue weighted by Crippen LogP contribution is -2.18. The highest BCUT2D eigenvalue weighted by molar-refractivity contribution is 6.04. The fourth-order valence-corrected chi connectivity index (χ4v) is 2.51. The van der Waals surface area contributed by atoms with Crippen LogP contribution < -0.4 is 10.1 Å². The Morgan fingerprint density at radius 3 is 2.68 bits per heavy atom. The van der Waals surface area contributed by atoms with Gasteiger partial charge in [0.25, 0.3) is 5.91 Å². The van der Waals surface area contributed by atoms with Gasteiger partial charge in [-0.15, -0.1) is 0 Å². The van der Waals surface area contributed by atoms with Crippen molar-refractivity contribution in [3.05, 3.63) is 77.6 Å². The summed E-state index contributed by atoms with van der Waals surface area (Å²) in [6.07, 6.45) is -1.86. The van der Waals surface area contributed by atoms with Crippen molar-refractivity contribution in [3.8, 4) is 5.75 Å². The number of amides is 1. The minimum atomic E-state index is -4.44. The van der Waals surface area contributed by atoms with E-state index in [0.717, 1.165) is 16.8 Å². The molecule has 1 amide bonds. The lowest BCUT2D eigenvalue weighted by molar-refractivity contribution is -0.182. The van der Waals surface area contributed by atoms with Gasteiger partial charge >= 0.3 is 6.18 Å². The van der Waals surface area contributed by atoms with E-state index in [2.05, 4.69) is 15.2 Å². The Morgan fingerprint density at radius 2 is 1.94 bits per heavy atom. The lowest BCUT2D eigenvalue weighted by atomic mass is 10.1. The fourth-order valence-electron chi connectivity index (χ4n) is 2.51. The molecule has 6 nitrogen and oxygen atoms in total. The summed E-state index contributed by atoms with van der Waals surface area (Å²) in [7, 11) is 0. The Balaban J connectivity index is 1.56. The summed E-state index contributed by atoms with van der Waals surface area (Å²) >= 11 is 0. The predicted octanol–water partition coefficient (Wildman–Crippen LogP) is 4.53. The Kier molecular flexibility index (Phi) is 6.85. The molecule has 31 heavy (non-hydrogen) atoms. The molecule has 11 heteroatoms. The third kappa shape index (κ3) is 6.78. The van der Waals surface area contributed by atoms with Crippen molar-refractivity contribution in [2.24, 2.45) is 0 Å². The second-order valence-corrected chi connectivity index (χ2v) is 6.38. The topological polar surface area (TPSA) is 65.4 Å². The average Bonchev–Trinajstić information content (AvgIpc) is 3.13. The molecule has 0 fully saturated rings. The maximum Gasteiger partial charge on any atom is 0.411 e. The molecule has 0 aliphatic heterocycles. The van der Waals surface area contributed by atoms with Crippen LogP contribution >= 0.6 is 0 Å². The third-order valence-corrected chi connectivity index (χ3v) is 3.86. The second-order valence-electron chi connectivity index (χ2n) is 6.38. The van der Waals surface area contributed by atoms with E-state index in [-0.39, 0.29) is 23.6 Å². The summed E-state index contributed by atoms with van der Waals surface area (Å²) in [5.74, 6) is -2.19. The molecule has 164 valence electrons. The van der Waals surface area contributed by atoms with Crippen LogP contribution in [-0.4, -0.2) is 28.5 Å². The van der Waals surface area contributed by atoms with Crippen molar-refractivity contribution in [2.75, 3.05) is 11.9 Å². The fraction of sp³-hybridized carbons (Fsp3) is 0.200. The van der Waals surface area contributed by atoms with E-state index < -0.39 is 37.1 Å². The summed E-state index contributed by atoms with van der Waals surface area (Å²) in [5, 5.41) is 6.36. The van der Waals surface area contributed by atoms with Crippen molar-refractivity contribution < 1.29 is 36.2 Å². The van der Waals surface area contributed by atoms with E-state index in [1.807, 2.05) is 0 Å². The molecule has 0 atom stereocenters. The van der Waals surface area contributed by atoms with E-state index in [1.165, 1.54) is 24.5 Å². The summed E-state index contributed by atoms with van der Waals surface area (Å²) < 4.78 is 73.7. The van der Waals surface area contributed by atoms with Crippen LogP contribution in [0.1, 0.15) is 15.9 Å². The first-order valence-electron chi connectivity index (χ1n) is 8.85. The number of hydrogen-bond donors (Lipinski definition) is 1. The molecule has 1 heterocycles. The molecule has 1 N–H and O–H groups in total. The van der Waals surface area contributed by atoms with Crippen LogP contribution in [0, 0.1) is 11.6 Å². The first kappa shape index (κ1) is 22.2. The number of halogens is 5. The van der Waals surface area contributed by atoms with Gasteiger partial charge in [-0.25, -0.2) is 13.5 Å². The number of carbonyl (C=O) groups is 1. The molecule has 2 aromatic carbocycles. The average molecular weight is 441 g/mol. The molecular formula is C20H16F5N3O3. The maximum atomic E-state index is 13.6. The first-order valence-corrected chi connectivity index (χ1v) is 8.85. The van der Waals surface area contributed by atoms with Crippen molar-refractivity contribution in [1.29, 1.82) is 0 Å². The summed E-state index contributed by atoms with van der Waals surface area (Å²) in [5.41, 5.74) is 1.09. The molecule has 0 unspecified atom stereocenters. The number of aromatic nitrogens is 2. The number of hydrogen-bond acceptors (Lipinski definition) is 4. The second kappa shape index (κ2) is 9.56. The largest absolute Gasteiger partial charge is 0.486 e. The molecular weight excluding hydrogens is 425 g/mol. The van der Waals surface area contributed by atoms with Crippen LogP contribution in [0.4, 0.5) is 27.6 Å². The maximum absolute atomic E-state index is 13.6. The molecule has 1 aromatic heterocycles. The monoisotopic (exact) mass is 441 g/mol. The van der Waals surface area contributed by atoms with Crippen molar-refractivity contribution in [2.45, 2.75) is 19.5 Å². The lowest BCUT2D eigenvalue weighted by Gasteiger charge is -2.09. The standard InChI is InChI=1S/C20H16F5N3O3/c21-15-4-5-18(17(22)7-15)31-10-13-2-1-3-14(6-13)19(29)27-16-8-26-28(9-16)12-30-11-20(23,24)25/h1-9H,10-12H2,(H,27,29). The first-order chi connectivity index (χ1) is 14.7. The van der Waals surface area contributed by atoms with E-state index in [9.17, 15) is 26.7 Å². The van der Waals surface area contributed by atoms with Crippen molar-refractivity contribution in [3.63, 3.8) is 0 Å². The van der Waals surface area contributed by atoms with Gasteiger partial charge in [-0.2, -0.15) is 18.3 Å². The zero-order valence-corrected chi connectivity index (χ0v) is 15.8. The van der Waals surface area contributed by atoms with Gasteiger partial charge in [-0.3, -0.25) is 4.79 Å². The Bertz CT molecular complexity index is 1050.